The molecule has 0 radical (unpaired) electrons. The first-order valence-electron chi connectivity index (χ1n) is 14.1. The van der Waals surface area contributed by atoms with Crippen molar-refractivity contribution in [2.45, 2.75) is 91.0 Å². The second-order valence-electron chi connectivity index (χ2n) is 12.7. The lowest BCUT2D eigenvalue weighted by molar-refractivity contribution is -0.119. The predicted octanol–water partition coefficient (Wildman–Crippen LogP) is 4.90. The highest BCUT2D eigenvalue weighted by molar-refractivity contribution is 5.91. The van der Waals surface area contributed by atoms with Gasteiger partial charge in [-0.1, -0.05) is 24.6 Å². The number of hydrogen-bond acceptors (Lipinski definition) is 6. The van der Waals surface area contributed by atoms with Crippen LogP contribution in [0.15, 0.2) is 16.8 Å². The maximum Gasteiger partial charge on any atom is 0.435 e. The van der Waals surface area contributed by atoms with Gasteiger partial charge in [0.15, 0.2) is 11.6 Å². The molecule has 7 heteroatoms. The number of oxime groups is 1. The van der Waals surface area contributed by atoms with Crippen molar-refractivity contribution in [3.8, 4) is 0 Å². The molecule has 1 heterocycles. The van der Waals surface area contributed by atoms with E-state index in [0.717, 1.165) is 31.5 Å². The molecule has 3 saturated carbocycles. The summed E-state index contributed by atoms with van der Waals surface area (Å²) >= 11 is 0. The minimum Gasteiger partial charge on any atom is -0.309 e. The van der Waals surface area contributed by atoms with E-state index in [9.17, 15) is 14.4 Å². The van der Waals surface area contributed by atoms with Gasteiger partial charge in [-0.25, -0.2) is 4.79 Å². The summed E-state index contributed by atoms with van der Waals surface area (Å²) < 4.78 is 0. The molecule has 1 amide bonds. The quantitative estimate of drug-likeness (QED) is 0.332. The number of carbonyl (C=O) groups excluding carboxylic acids is 3. The summed E-state index contributed by atoms with van der Waals surface area (Å²) in [7, 11) is 1.70. The number of rotatable bonds is 5. The van der Waals surface area contributed by atoms with Crippen LogP contribution >= 0.6 is 0 Å². The molecule has 7 atom stereocenters. The third kappa shape index (κ3) is 4.35. The maximum atomic E-state index is 12.6. The molecule has 1 aliphatic heterocycles. The van der Waals surface area contributed by atoms with Gasteiger partial charge in [0, 0.05) is 38.9 Å². The molecule has 0 spiro atoms. The molecular weight excluding hydrogens is 454 g/mol. The Morgan fingerprint density at radius 2 is 1.92 bits per heavy atom. The number of amides is 1. The Labute approximate surface area is 215 Å². The van der Waals surface area contributed by atoms with Crippen LogP contribution in [0, 0.1) is 34.5 Å². The molecule has 5 aliphatic rings. The van der Waals surface area contributed by atoms with Crippen molar-refractivity contribution in [1.82, 2.24) is 10.2 Å². The standard InChI is InChI=1S/C29H43N3O4/c1-18(31-36-27(35)32(4)16-12-25-26(34)11-15-30-25)22-7-8-23-21-6-5-19-17-20(33)9-13-28(19,2)24(21)10-14-29(22,23)3/h17,21-25,30H,5-16H2,1-4H3/b31-18+/t21-,22+,23-,24-,25?,28-,29+/m0/s1. The summed E-state index contributed by atoms with van der Waals surface area (Å²) in [5.74, 6) is 2.92. The summed E-state index contributed by atoms with van der Waals surface area (Å²) in [6.07, 6.45) is 11.4. The smallest absolute Gasteiger partial charge is 0.309 e. The SMILES string of the molecule is C/C(=N\OC(=O)N(C)CCC1NCCC1=O)[C@H]1CC[C@H]2[C@@H]3CCC4=CC(=O)CC[C@]4(C)[C@H]3CC[C@]12C. The van der Waals surface area contributed by atoms with Crippen molar-refractivity contribution < 1.29 is 19.2 Å². The van der Waals surface area contributed by atoms with Crippen molar-refractivity contribution in [3.05, 3.63) is 11.6 Å². The van der Waals surface area contributed by atoms with E-state index in [1.807, 2.05) is 13.0 Å². The number of hydrogen-bond donors (Lipinski definition) is 1. The van der Waals surface area contributed by atoms with Crippen LogP contribution in [-0.2, 0) is 14.4 Å². The lowest BCUT2D eigenvalue weighted by atomic mass is 9.46. The summed E-state index contributed by atoms with van der Waals surface area (Å²) in [6, 6.07) is -0.154. The number of carbonyl (C=O) groups is 3. The van der Waals surface area contributed by atoms with Crippen molar-refractivity contribution in [3.63, 3.8) is 0 Å². The van der Waals surface area contributed by atoms with Gasteiger partial charge >= 0.3 is 6.09 Å². The Morgan fingerprint density at radius 3 is 2.67 bits per heavy atom. The Morgan fingerprint density at radius 1 is 1.11 bits per heavy atom. The van der Waals surface area contributed by atoms with Gasteiger partial charge in [-0.3, -0.25) is 14.4 Å². The second-order valence-corrected chi connectivity index (χ2v) is 12.7. The molecular formula is C29H43N3O4. The summed E-state index contributed by atoms with van der Waals surface area (Å²) in [4.78, 5) is 43.3. The van der Waals surface area contributed by atoms with Crippen LogP contribution in [-0.4, -0.2) is 54.5 Å². The summed E-state index contributed by atoms with van der Waals surface area (Å²) in [5.41, 5.74) is 2.72. The number of nitrogens with zero attached hydrogens (tertiary/aromatic N) is 2. The Hall–Kier alpha value is -2.02. The van der Waals surface area contributed by atoms with Crippen molar-refractivity contribution >= 4 is 23.4 Å². The van der Waals surface area contributed by atoms with Gasteiger partial charge in [0.1, 0.15) is 0 Å². The van der Waals surface area contributed by atoms with Crippen LogP contribution in [0.4, 0.5) is 4.79 Å². The van der Waals surface area contributed by atoms with E-state index in [1.165, 1.54) is 36.2 Å². The summed E-state index contributed by atoms with van der Waals surface area (Å²) in [5, 5.41) is 7.53. The fraction of sp³-hybridized carbons (Fsp3) is 0.793. The normalized spacial score (nSPS) is 40.3. The lowest BCUT2D eigenvalue weighted by Gasteiger charge is -2.58. The molecule has 1 unspecified atom stereocenters. The van der Waals surface area contributed by atoms with Crippen LogP contribution in [0.25, 0.3) is 0 Å². The molecule has 7 nitrogen and oxygen atoms in total. The highest BCUT2D eigenvalue weighted by Crippen LogP contribution is 2.66. The molecule has 5 rings (SSSR count). The topological polar surface area (TPSA) is 88.1 Å². The van der Waals surface area contributed by atoms with Gasteiger partial charge in [-0.05, 0) is 93.0 Å². The van der Waals surface area contributed by atoms with Gasteiger partial charge in [0.25, 0.3) is 0 Å². The molecule has 0 aromatic rings. The third-order valence-electron chi connectivity index (χ3n) is 10.9. The van der Waals surface area contributed by atoms with Gasteiger partial charge in [-0.2, -0.15) is 0 Å². The highest BCUT2D eigenvalue weighted by atomic mass is 16.7. The average molecular weight is 498 g/mol. The predicted molar refractivity (Wildman–Crippen MR) is 138 cm³/mol. The van der Waals surface area contributed by atoms with Crippen LogP contribution < -0.4 is 5.32 Å². The Kier molecular flexibility index (Phi) is 6.90. The molecule has 0 aromatic heterocycles. The van der Waals surface area contributed by atoms with Gasteiger partial charge in [0.2, 0.25) is 0 Å². The summed E-state index contributed by atoms with van der Waals surface area (Å²) in [6.45, 7) is 8.08. The van der Waals surface area contributed by atoms with E-state index < -0.39 is 6.09 Å². The van der Waals surface area contributed by atoms with E-state index in [1.54, 1.807) is 7.05 Å². The molecule has 36 heavy (non-hydrogen) atoms. The van der Waals surface area contributed by atoms with E-state index in [4.69, 9.17) is 4.84 Å². The monoisotopic (exact) mass is 497 g/mol. The number of ketones is 2. The van der Waals surface area contributed by atoms with E-state index in [0.29, 0.717) is 55.3 Å². The maximum absolute atomic E-state index is 12.6. The van der Waals surface area contributed by atoms with Crippen molar-refractivity contribution in [1.29, 1.82) is 0 Å². The fourth-order valence-electron chi connectivity index (χ4n) is 8.82. The first kappa shape index (κ1) is 25.6. The largest absolute Gasteiger partial charge is 0.435 e. The molecule has 0 bridgehead atoms. The van der Waals surface area contributed by atoms with Gasteiger partial charge in [0.05, 0.1) is 11.8 Å². The molecule has 1 saturated heterocycles. The highest BCUT2D eigenvalue weighted by Gasteiger charge is 2.59. The zero-order valence-electron chi connectivity index (χ0n) is 22.5. The van der Waals surface area contributed by atoms with Crippen molar-refractivity contribution in [2.24, 2.45) is 39.7 Å². The number of fused-ring (bicyclic) bond motifs is 5. The van der Waals surface area contributed by atoms with Crippen LogP contribution in [0.1, 0.15) is 85.0 Å². The van der Waals surface area contributed by atoms with Gasteiger partial charge in [-0.15, -0.1) is 0 Å². The number of allylic oxidation sites excluding steroid dienone is 1. The molecule has 4 aliphatic carbocycles. The number of nitrogens with one attached hydrogen (secondary N) is 1. The van der Waals surface area contributed by atoms with E-state index in [2.05, 4.69) is 24.3 Å². The zero-order chi connectivity index (χ0) is 25.7. The first-order valence-corrected chi connectivity index (χ1v) is 14.1. The Balaban J connectivity index is 1.21. The Bertz CT molecular complexity index is 989. The zero-order valence-corrected chi connectivity index (χ0v) is 22.5. The first-order chi connectivity index (χ1) is 17.1. The minimum atomic E-state index is -0.463. The number of Topliss-reactive ketones (excluding diaryl/α,β-unsaturated/α-hetero) is 1. The van der Waals surface area contributed by atoms with Crippen LogP contribution in [0.5, 0.6) is 0 Å². The molecule has 198 valence electrons. The van der Waals surface area contributed by atoms with Crippen molar-refractivity contribution in [2.75, 3.05) is 20.1 Å². The molecule has 4 fully saturated rings. The second kappa shape index (κ2) is 9.70. The van der Waals surface area contributed by atoms with E-state index >= 15 is 0 Å². The lowest BCUT2D eigenvalue weighted by Crippen LogP contribution is -2.51. The molecule has 0 aromatic carbocycles. The van der Waals surface area contributed by atoms with Crippen LogP contribution in [0.2, 0.25) is 0 Å². The minimum absolute atomic E-state index is 0.154. The third-order valence-corrected chi connectivity index (χ3v) is 10.9. The fourth-order valence-corrected chi connectivity index (χ4v) is 8.82. The van der Waals surface area contributed by atoms with E-state index in [-0.39, 0.29) is 22.7 Å². The average Bonchev–Trinajstić information content (AvgIpc) is 3.43. The van der Waals surface area contributed by atoms with Crippen LogP contribution in [0.3, 0.4) is 0 Å². The van der Waals surface area contributed by atoms with Gasteiger partial charge < -0.3 is 10.2 Å². The molecule has 1 N–H and O–H groups in total.